The maximum atomic E-state index is 11.9. The molecule has 0 aromatic carbocycles. The number of amides is 2. The molecule has 0 aliphatic carbocycles. The van der Waals surface area contributed by atoms with Gasteiger partial charge in [-0.25, -0.2) is 4.79 Å². The molecule has 2 heterocycles. The summed E-state index contributed by atoms with van der Waals surface area (Å²) in [4.78, 5) is 13.8. The quantitative estimate of drug-likeness (QED) is 0.721. The number of ether oxygens (including phenoxy) is 1. The molecule has 5 heteroatoms. The van der Waals surface area contributed by atoms with Gasteiger partial charge in [-0.2, -0.15) is 0 Å². The number of rotatable bonds is 3. The Kier molecular flexibility index (Phi) is 4.01. The molecule has 0 saturated carbocycles. The molecule has 0 aromatic rings. The molecule has 0 bridgehead atoms. The number of hydrogen-bond acceptors (Lipinski definition) is 3. The number of carbonyl (C=O) groups is 1. The standard InChI is InChI=1S/C11H21N3O2/c12-4-1-9-2-5-14(7-9)11(15)13-10-3-6-16-8-10/h9-10H,1-8,12H2,(H,13,15). The van der Waals surface area contributed by atoms with Crippen molar-refractivity contribution in [1.29, 1.82) is 0 Å². The van der Waals surface area contributed by atoms with Crippen LogP contribution in [-0.2, 0) is 4.74 Å². The van der Waals surface area contributed by atoms with Gasteiger partial charge in [-0.15, -0.1) is 0 Å². The molecule has 2 aliphatic rings. The first-order valence-electron chi connectivity index (χ1n) is 6.13. The van der Waals surface area contributed by atoms with E-state index in [1.165, 1.54) is 0 Å². The molecule has 16 heavy (non-hydrogen) atoms. The summed E-state index contributed by atoms with van der Waals surface area (Å²) in [7, 11) is 0. The third-order valence-electron chi connectivity index (χ3n) is 3.41. The van der Waals surface area contributed by atoms with Gasteiger partial charge in [0, 0.05) is 19.7 Å². The van der Waals surface area contributed by atoms with Gasteiger partial charge in [0.1, 0.15) is 0 Å². The summed E-state index contributed by atoms with van der Waals surface area (Å²) in [6, 6.07) is 0.274. The predicted octanol–water partition coefficient (Wildman–Crippen LogP) is 0.156. The van der Waals surface area contributed by atoms with E-state index in [1.807, 2.05) is 4.90 Å². The van der Waals surface area contributed by atoms with Crippen LogP contribution in [0.2, 0.25) is 0 Å². The van der Waals surface area contributed by atoms with Crippen LogP contribution in [0.15, 0.2) is 0 Å². The molecule has 2 aliphatic heterocycles. The fraction of sp³-hybridized carbons (Fsp3) is 0.909. The number of carbonyl (C=O) groups excluding carboxylic acids is 1. The molecule has 0 aromatic heterocycles. The van der Waals surface area contributed by atoms with Crippen LogP contribution < -0.4 is 11.1 Å². The lowest BCUT2D eigenvalue weighted by molar-refractivity contribution is 0.181. The van der Waals surface area contributed by atoms with Crippen LogP contribution in [0.4, 0.5) is 4.79 Å². The van der Waals surface area contributed by atoms with Crippen molar-refractivity contribution in [2.75, 3.05) is 32.8 Å². The summed E-state index contributed by atoms with van der Waals surface area (Å²) in [6.07, 6.45) is 3.05. The van der Waals surface area contributed by atoms with E-state index in [4.69, 9.17) is 10.5 Å². The zero-order chi connectivity index (χ0) is 11.4. The van der Waals surface area contributed by atoms with Gasteiger partial charge < -0.3 is 20.7 Å². The molecule has 0 spiro atoms. The molecule has 92 valence electrons. The van der Waals surface area contributed by atoms with Crippen molar-refractivity contribution < 1.29 is 9.53 Å². The zero-order valence-electron chi connectivity index (χ0n) is 9.65. The van der Waals surface area contributed by atoms with Crippen LogP contribution in [0.1, 0.15) is 19.3 Å². The van der Waals surface area contributed by atoms with E-state index in [2.05, 4.69) is 5.32 Å². The second kappa shape index (κ2) is 5.50. The molecule has 3 N–H and O–H groups in total. The fourth-order valence-electron chi connectivity index (χ4n) is 2.40. The molecule has 2 saturated heterocycles. The van der Waals surface area contributed by atoms with Gasteiger partial charge in [-0.1, -0.05) is 0 Å². The van der Waals surface area contributed by atoms with E-state index < -0.39 is 0 Å². The molecule has 2 atom stereocenters. The normalized spacial score (nSPS) is 29.7. The van der Waals surface area contributed by atoms with Crippen molar-refractivity contribution >= 4 is 6.03 Å². The minimum atomic E-state index is 0.0648. The first kappa shape index (κ1) is 11.7. The molecule has 2 rings (SSSR count). The van der Waals surface area contributed by atoms with E-state index in [1.54, 1.807) is 0 Å². The highest BCUT2D eigenvalue weighted by Gasteiger charge is 2.27. The Bertz CT molecular complexity index is 241. The van der Waals surface area contributed by atoms with Gasteiger partial charge >= 0.3 is 6.03 Å². The monoisotopic (exact) mass is 227 g/mol. The van der Waals surface area contributed by atoms with Crippen LogP contribution in [0, 0.1) is 5.92 Å². The van der Waals surface area contributed by atoms with E-state index in [-0.39, 0.29) is 12.1 Å². The van der Waals surface area contributed by atoms with Crippen molar-refractivity contribution in [3.05, 3.63) is 0 Å². The topological polar surface area (TPSA) is 67.6 Å². The molecule has 2 amide bonds. The van der Waals surface area contributed by atoms with Crippen LogP contribution in [0.5, 0.6) is 0 Å². The number of nitrogens with two attached hydrogens (primary N) is 1. The van der Waals surface area contributed by atoms with Crippen LogP contribution in [0.25, 0.3) is 0 Å². The Morgan fingerprint density at radius 2 is 2.38 bits per heavy atom. The minimum Gasteiger partial charge on any atom is -0.379 e. The van der Waals surface area contributed by atoms with Crippen molar-refractivity contribution in [3.8, 4) is 0 Å². The third-order valence-corrected chi connectivity index (χ3v) is 3.41. The van der Waals surface area contributed by atoms with E-state index in [0.717, 1.165) is 45.5 Å². The lowest BCUT2D eigenvalue weighted by atomic mass is 10.1. The largest absolute Gasteiger partial charge is 0.379 e. The summed E-state index contributed by atoms with van der Waals surface area (Å²) in [5, 5.41) is 3.01. The Labute approximate surface area is 96.3 Å². The Balaban J connectivity index is 1.73. The number of likely N-dealkylation sites (tertiary alicyclic amines) is 1. The smallest absolute Gasteiger partial charge is 0.317 e. The second-order valence-electron chi connectivity index (χ2n) is 4.69. The minimum absolute atomic E-state index is 0.0648. The lowest BCUT2D eigenvalue weighted by Crippen LogP contribution is -2.44. The molecular formula is C11H21N3O2. The van der Waals surface area contributed by atoms with Crippen LogP contribution >= 0.6 is 0 Å². The lowest BCUT2D eigenvalue weighted by Gasteiger charge is -2.19. The molecule has 0 radical (unpaired) electrons. The van der Waals surface area contributed by atoms with Gasteiger partial charge in [0.2, 0.25) is 0 Å². The number of urea groups is 1. The first-order chi connectivity index (χ1) is 7.79. The number of nitrogens with zero attached hydrogens (tertiary/aromatic N) is 1. The Hall–Kier alpha value is -0.810. The van der Waals surface area contributed by atoms with Gasteiger partial charge in [0.25, 0.3) is 0 Å². The fourth-order valence-corrected chi connectivity index (χ4v) is 2.40. The average molecular weight is 227 g/mol. The summed E-state index contributed by atoms with van der Waals surface area (Å²) in [5.41, 5.74) is 5.53. The van der Waals surface area contributed by atoms with Crippen LogP contribution in [0.3, 0.4) is 0 Å². The van der Waals surface area contributed by atoms with Gasteiger partial charge in [-0.05, 0) is 31.7 Å². The van der Waals surface area contributed by atoms with E-state index >= 15 is 0 Å². The van der Waals surface area contributed by atoms with Gasteiger partial charge in [-0.3, -0.25) is 0 Å². The summed E-state index contributed by atoms with van der Waals surface area (Å²) >= 11 is 0. The highest BCUT2D eigenvalue weighted by Crippen LogP contribution is 2.19. The first-order valence-corrected chi connectivity index (χ1v) is 6.13. The highest BCUT2D eigenvalue weighted by molar-refractivity contribution is 5.74. The maximum Gasteiger partial charge on any atom is 0.317 e. The average Bonchev–Trinajstić information content (AvgIpc) is 2.89. The second-order valence-corrected chi connectivity index (χ2v) is 4.69. The summed E-state index contributed by atoms with van der Waals surface area (Å²) in [5.74, 6) is 0.593. The molecule has 2 fully saturated rings. The number of hydrogen-bond donors (Lipinski definition) is 2. The summed E-state index contributed by atoms with van der Waals surface area (Å²) in [6.45, 7) is 3.86. The molecule has 2 unspecified atom stereocenters. The Morgan fingerprint density at radius 3 is 3.06 bits per heavy atom. The Morgan fingerprint density at radius 1 is 1.50 bits per heavy atom. The van der Waals surface area contributed by atoms with E-state index in [0.29, 0.717) is 12.5 Å². The van der Waals surface area contributed by atoms with Gasteiger partial charge in [0.15, 0.2) is 0 Å². The third kappa shape index (κ3) is 2.86. The SMILES string of the molecule is NCCC1CCN(C(=O)NC2CCOC2)C1. The summed E-state index contributed by atoms with van der Waals surface area (Å²) < 4.78 is 5.23. The molecular weight excluding hydrogens is 206 g/mol. The van der Waals surface area contributed by atoms with Crippen molar-refractivity contribution in [2.45, 2.75) is 25.3 Å². The number of nitrogens with one attached hydrogen (secondary N) is 1. The van der Waals surface area contributed by atoms with Crippen molar-refractivity contribution in [1.82, 2.24) is 10.2 Å². The highest BCUT2D eigenvalue weighted by atomic mass is 16.5. The van der Waals surface area contributed by atoms with Crippen molar-refractivity contribution in [2.24, 2.45) is 11.7 Å². The van der Waals surface area contributed by atoms with Gasteiger partial charge in [0.05, 0.1) is 12.6 Å². The molecule has 5 nitrogen and oxygen atoms in total. The van der Waals surface area contributed by atoms with E-state index in [9.17, 15) is 4.79 Å². The predicted molar refractivity (Wildman–Crippen MR) is 61.1 cm³/mol. The van der Waals surface area contributed by atoms with Crippen LogP contribution in [-0.4, -0.2) is 49.8 Å². The zero-order valence-corrected chi connectivity index (χ0v) is 9.65. The maximum absolute atomic E-state index is 11.9. The van der Waals surface area contributed by atoms with Crippen molar-refractivity contribution in [3.63, 3.8) is 0 Å².